The van der Waals surface area contributed by atoms with Crippen molar-refractivity contribution in [2.24, 2.45) is 5.92 Å². The number of nitrogens with zero attached hydrogens (tertiary/aromatic N) is 1. The first kappa shape index (κ1) is 9.89. The smallest absolute Gasteiger partial charge is 0.142 e. The van der Waals surface area contributed by atoms with Crippen molar-refractivity contribution in [2.75, 3.05) is 20.4 Å². The third-order valence-corrected chi connectivity index (χ3v) is 1.53. The lowest BCUT2D eigenvalue weighted by Crippen LogP contribution is -2.18. The molecule has 0 amide bonds. The fraction of sp³-hybridized carbons (Fsp3) is 1.00. The average Bonchev–Trinajstić information content (AvgIpc) is 1.87. The van der Waals surface area contributed by atoms with Gasteiger partial charge in [0.15, 0.2) is 0 Å². The zero-order valence-electron chi connectivity index (χ0n) is 7.23. The monoisotopic (exact) mass is 147 g/mol. The van der Waals surface area contributed by atoms with Crippen molar-refractivity contribution in [3.05, 3.63) is 0 Å². The maximum atomic E-state index is 11.8. The van der Waals surface area contributed by atoms with Crippen molar-refractivity contribution in [2.45, 2.75) is 26.7 Å². The molecule has 0 saturated heterocycles. The van der Waals surface area contributed by atoms with Gasteiger partial charge in [0, 0.05) is 6.54 Å². The molecular weight excluding hydrogens is 129 g/mol. The second-order valence-electron chi connectivity index (χ2n) is 3.24. The molecule has 0 bridgehead atoms. The zero-order valence-corrected chi connectivity index (χ0v) is 7.23. The van der Waals surface area contributed by atoms with Crippen LogP contribution in [0.5, 0.6) is 0 Å². The molecule has 0 aliphatic carbocycles. The van der Waals surface area contributed by atoms with Crippen LogP contribution in [0, 0.1) is 5.92 Å². The molecule has 0 aliphatic heterocycles. The molecule has 0 aliphatic rings. The summed E-state index contributed by atoms with van der Waals surface area (Å²) in [5.74, 6) is 0.744. The lowest BCUT2D eigenvalue weighted by atomic mass is 10.1. The Morgan fingerprint density at radius 1 is 1.40 bits per heavy atom. The first-order valence-corrected chi connectivity index (χ1v) is 3.91. The first-order chi connectivity index (χ1) is 4.66. The summed E-state index contributed by atoms with van der Waals surface area (Å²) in [4.78, 5) is 1.70. The maximum Gasteiger partial charge on any atom is 0.142 e. The van der Waals surface area contributed by atoms with Gasteiger partial charge in [-0.3, -0.25) is 4.90 Å². The summed E-state index contributed by atoms with van der Waals surface area (Å²) in [6.07, 6.45) is 2.31. The molecule has 0 atom stereocenters. The number of alkyl halides is 1. The van der Waals surface area contributed by atoms with Gasteiger partial charge < -0.3 is 0 Å². The van der Waals surface area contributed by atoms with Crippen molar-refractivity contribution < 1.29 is 4.39 Å². The van der Waals surface area contributed by atoms with Gasteiger partial charge in [-0.25, -0.2) is 4.39 Å². The van der Waals surface area contributed by atoms with Crippen LogP contribution in [0.2, 0.25) is 0 Å². The minimum atomic E-state index is -0.321. The minimum Gasteiger partial charge on any atom is -0.280 e. The topological polar surface area (TPSA) is 3.24 Å². The number of hydrogen-bond acceptors (Lipinski definition) is 1. The van der Waals surface area contributed by atoms with Crippen LogP contribution in [0.3, 0.4) is 0 Å². The van der Waals surface area contributed by atoms with E-state index in [4.69, 9.17) is 0 Å². The maximum absolute atomic E-state index is 11.8. The molecule has 0 N–H and O–H groups in total. The van der Waals surface area contributed by atoms with E-state index in [2.05, 4.69) is 13.8 Å². The Morgan fingerprint density at radius 3 is 2.40 bits per heavy atom. The van der Waals surface area contributed by atoms with E-state index in [1.807, 2.05) is 0 Å². The summed E-state index contributed by atoms with van der Waals surface area (Å²) in [6, 6.07) is 0. The number of hydrogen-bond donors (Lipinski definition) is 0. The summed E-state index contributed by atoms with van der Waals surface area (Å²) in [5.41, 5.74) is 0. The van der Waals surface area contributed by atoms with Gasteiger partial charge in [0.05, 0.1) is 0 Å². The van der Waals surface area contributed by atoms with Crippen molar-refractivity contribution in [1.29, 1.82) is 0 Å². The molecule has 0 aromatic heterocycles. The molecular formula is C8H18FN. The van der Waals surface area contributed by atoms with E-state index < -0.39 is 0 Å². The molecule has 10 heavy (non-hydrogen) atoms. The average molecular weight is 147 g/mol. The van der Waals surface area contributed by atoms with Crippen LogP contribution < -0.4 is 0 Å². The van der Waals surface area contributed by atoms with E-state index >= 15 is 0 Å². The lowest BCUT2D eigenvalue weighted by molar-refractivity contribution is 0.218. The third kappa shape index (κ3) is 6.02. The molecule has 0 fully saturated rings. The number of halogens is 1. The van der Waals surface area contributed by atoms with E-state index in [9.17, 15) is 4.39 Å². The normalized spacial score (nSPS) is 11.4. The lowest BCUT2D eigenvalue weighted by Gasteiger charge is -2.11. The highest BCUT2D eigenvalue weighted by Gasteiger charge is 1.97. The summed E-state index contributed by atoms with van der Waals surface area (Å²) < 4.78 is 11.8. The Bertz CT molecular complexity index is 73.7. The van der Waals surface area contributed by atoms with Crippen LogP contribution in [0.1, 0.15) is 26.7 Å². The fourth-order valence-electron chi connectivity index (χ4n) is 0.829. The molecule has 2 heteroatoms. The zero-order chi connectivity index (χ0) is 7.98. The molecule has 1 nitrogen and oxygen atoms in total. The van der Waals surface area contributed by atoms with Crippen LogP contribution in [0.15, 0.2) is 0 Å². The quantitative estimate of drug-likeness (QED) is 0.539. The Kier molecular flexibility index (Phi) is 5.60. The molecule has 0 rings (SSSR count). The Morgan fingerprint density at radius 2 is 2.00 bits per heavy atom. The van der Waals surface area contributed by atoms with E-state index in [1.54, 1.807) is 11.9 Å². The van der Waals surface area contributed by atoms with E-state index in [-0.39, 0.29) is 6.80 Å². The van der Waals surface area contributed by atoms with E-state index in [1.165, 1.54) is 6.42 Å². The van der Waals surface area contributed by atoms with E-state index in [0.29, 0.717) is 0 Å². The molecule has 0 heterocycles. The van der Waals surface area contributed by atoms with Crippen LogP contribution >= 0.6 is 0 Å². The highest BCUT2D eigenvalue weighted by atomic mass is 19.1. The number of rotatable bonds is 5. The summed E-state index contributed by atoms with van der Waals surface area (Å²) in [6.45, 7) is 4.94. The summed E-state index contributed by atoms with van der Waals surface area (Å²) in [5, 5.41) is 0. The molecule has 0 radical (unpaired) electrons. The largest absolute Gasteiger partial charge is 0.280 e. The summed E-state index contributed by atoms with van der Waals surface area (Å²) in [7, 11) is 1.81. The van der Waals surface area contributed by atoms with Gasteiger partial charge in [0.1, 0.15) is 6.80 Å². The minimum absolute atomic E-state index is 0.321. The van der Waals surface area contributed by atoms with Crippen LogP contribution in [0.25, 0.3) is 0 Å². The Hall–Kier alpha value is -0.110. The van der Waals surface area contributed by atoms with E-state index in [0.717, 1.165) is 18.9 Å². The standard InChI is InChI=1S/C8H18FN/c1-8(2)5-4-6-10(3)7-9/h8H,4-7H2,1-3H3. The van der Waals surface area contributed by atoms with Crippen molar-refractivity contribution in [3.8, 4) is 0 Å². The Labute approximate surface area is 63.2 Å². The molecule has 0 spiro atoms. The first-order valence-electron chi connectivity index (χ1n) is 3.91. The molecule has 0 aromatic rings. The molecule has 62 valence electrons. The second-order valence-corrected chi connectivity index (χ2v) is 3.24. The van der Waals surface area contributed by atoms with Gasteiger partial charge in [0.25, 0.3) is 0 Å². The predicted octanol–water partition coefficient (Wildman–Crippen LogP) is 2.28. The molecule has 0 aromatic carbocycles. The van der Waals surface area contributed by atoms with Crippen LogP contribution in [-0.4, -0.2) is 25.3 Å². The molecule has 0 saturated carbocycles. The van der Waals surface area contributed by atoms with Crippen molar-refractivity contribution >= 4 is 0 Å². The third-order valence-electron chi connectivity index (χ3n) is 1.53. The second kappa shape index (κ2) is 5.66. The van der Waals surface area contributed by atoms with Gasteiger partial charge in [-0.2, -0.15) is 0 Å². The van der Waals surface area contributed by atoms with Gasteiger partial charge >= 0.3 is 0 Å². The van der Waals surface area contributed by atoms with Crippen molar-refractivity contribution in [1.82, 2.24) is 4.90 Å². The fourth-order valence-corrected chi connectivity index (χ4v) is 0.829. The van der Waals surface area contributed by atoms with Crippen LogP contribution in [-0.2, 0) is 0 Å². The predicted molar refractivity (Wildman–Crippen MR) is 42.7 cm³/mol. The summed E-state index contributed by atoms with van der Waals surface area (Å²) >= 11 is 0. The van der Waals surface area contributed by atoms with Gasteiger partial charge in [-0.05, 0) is 25.8 Å². The highest BCUT2D eigenvalue weighted by Crippen LogP contribution is 2.03. The highest BCUT2D eigenvalue weighted by molar-refractivity contribution is 4.49. The van der Waals surface area contributed by atoms with Gasteiger partial charge in [-0.15, -0.1) is 0 Å². The molecule has 0 unspecified atom stereocenters. The van der Waals surface area contributed by atoms with Gasteiger partial charge in [-0.1, -0.05) is 13.8 Å². The van der Waals surface area contributed by atoms with Crippen LogP contribution in [0.4, 0.5) is 4.39 Å². The van der Waals surface area contributed by atoms with Gasteiger partial charge in [0.2, 0.25) is 0 Å². The Balaban J connectivity index is 3.03. The SMILES string of the molecule is CC(C)CCCN(C)CF. The van der Waals surface area contributed by atoms with Crippen molar-refractivity contribution in [3.63, 3.8) is 0 Å².